The molecule has 15 heavy (non-hydrogen) atoms. The molecule has 1 aromatic rings. The Labute approximate surface area is 87.4 Å². The molecule has 2 aliphatic rings. The van der Waals surface area contributed by atoms with Crippen LogP contribution in [0.25, 0.3) is 0 Å². The Bertz CT molecular complexity index is 342. The highest BCUT2D eigenvalue weighted by atomic mass is 16.5. The summed E-state index contributed by atoms with van der Waals surface area (Å²) in [4.78, 5) is 2.10. The fourth-order valence-electron chi connectivity index (χ4n) is 2.23. The summed E-state index contributed by atoms with van der Waals surface area (Å²) in [5.74, 6) is 0.490. The molecule has 0 spiro atoms. The minimum atomic E-state index is 0.296. The predicted octanol–water partition coefficient (Wildman–Crippen LogP) is -0.104. The van der Waals surface area contributed by atoms with Crippen molar-refractivity contribution in [2.45, 2.75) is 31.6 Å². The van der Waals surface area contributed by atoms with E-state index in [0.29, 0.717) is 30.7 Å². The van der Waals surface area contributed by atoms with Crippen LogP contribution in [0, 0.1) is 0 Å². The summed E-state index contributed by atoms with van der Waals surface area (Å²) in [6, 6.07) is 0.579. The lowest BCUT2D eigenvalue weighted by Crippen LogP contribution is -2.42. The summed E-state index contributed by atoms with van der Waals surface area (Å²) in [7, 11) is 0. The van der Waals surface area contributed by atoms with Crippen molar-refractivity contribution in [3.05, 3.63) is 5.89 Å². The van der Waals surface area contributed by atoms with E-state index in [1.54, 1.807) is 0 Å². The summed E-state index contributed by atoms with van der Waals surface area (Å²) < 4.78 is 11.1. The molecule has 2 fully saturated rings. The molecule has 1 aromatic heterocycles. The molecule has 2 unspecified atom stereocenters. The van der Waals surface area contributed by atoms with Crippen LogP contribution in [-0.4, -0.2) is 35.5 Å². The van der Waals surface area contributed by atoms with E-state index in [-0.39, 0.29) is 0 Å². The predicted molar refractivity (Wildman–Crippen MR) is 52.3 cm³/mol. The Morgan fingerprint density at radius 1 is 1.27 bits per heavy atom. The maximum absolute atomic E-state index is 5.73. The summed E-state index contributed by atoms with van der Waals surface area (Å²) >= 11 is 0. The second kappa shape index (κ2) is 3.46. The average Bonchev–Trinajstić information content (AvgIpc) is 2.85. The topological polar surface area (TPSA) is 77.4 Å². The lowest BCUT2D eigenvalue weighted by molar-refractivity contribution is 0.0287. The van der Waals surface area contributed by atoms with Gasteiger partial charge in [0.05, 0.1) is 18.8 Å². The van der Waals surface area contributed by atoms with Crippen LogP contribution < -0.4 is 10.6 Å². The van der Waals surface area contributed by atoms with Crippen LogP contribution in [0.4, 0.5) is 6.01 Å². The van der Waals surface area contributed by atoms with Crippen LogP contribution in [0.2, 0.25) is 0 Å². The van der Waals surface area contributed by atoms with Crippen molar-refractivity contribution >= 4 is 6.01 Å². The number of fused-ring (bicyclic) bond motifs is 2. The molecule has 2 atom stereocenters. The van der Waals surface area contributed by atoms with Gasteiger partial charge in [-0.25, -0.2) is 0 Å². The highest BCUT2D eigenvalue weighted by Crippen LogP contribution is 2.28. The van der Waals surface area contributed by atoms with Gasteiger partial charge < -0.3 is 19.8 Å². The molecule has 0 radical (unpaired) electrons. The van der Waals surface area contributed by atoms with Gasteiger partial charge in [-0.1, -0.05) is 5.10 Å². The number of morpholine rings is 1. The largest absolute Gasteiger partial charge is 0.407 e. The first-order valence-corrected chi connectivity index (χ1v) is 5.28. The number of nitrogens with two attached hydrogens (primary N) is 1. The smallest absolute Gasteiger partial charge is 0.318 e. The molecule has 2 bridgehead atoms. The molecule has 6 nitrogen and oxygen atoms in total. The number of ether oxygens (including phenoxy) is 1. The van der Waals surface area contributed by atoms with Gasteiger partial charge in [0.2, 0.25) is 5.89 Å². The molecule has 0 amide bonds. The van der Waals surface area contributed by atoms with E-state index in [2.05, 4.69) is 15.1 Å². The number of hydrogen-bond acceptors (Lipinski definition) is 6. The molecule has 3 rings (SSSR count). The van der Waals surface area contributed by atoms with Crippen molar-refractivity contribution in [1.82, 2.24) is 10.2 Å². The molecule has 0 saturated carbocycles. The first-order chi connectivity index (χ1) is 7.35. The van der Waals surface area contributed by atoms with Crippen molar-refractivity contribution in [2.75, 3.05) is 18.0 Å². The molecule has 2 N–H and O–H groups in total. The Morgan fingerprint density at radius 3 is 2.60 bits per heavy atom. The van der Waals surface area contributed by atoms with E-state index < -0.39 is 0 Å². The molecular formula is C9H14N4O2. The molecule has 2 saturated heterocycles. The minimum Gasteiger partial charge on any atom is -0.407 e. The van der Waals surface area contributed by atoms with Gasteiger partial charge in [-0.05, 0) is 12.8 Å². The lowest BCUT2D eigenvalue weighted by atomic mass is 10.2. The van der Waals surface area contributed by atoms with E-state index in [1.807, 2.05) is 0 Å². The third-order valence-corrected chi connectivity index (χ3v) is 2.94. The van der Waals surface area contributed by atoms with Gasteiger partial charge in [0, 0.05) is 13.1 Å². The van der Waals surface area contributed by atoms with E-state index in [9.17, 15) is 0 Å². The third-order valence-electron chi connectivity index (χ3n) is 2.94. The fourth-order valence-corrected chi connectivity index (χ4v) is 2.23. The van der Waals surface area contributed by atoms with Crippen LogP contribution in [0.15, 0.2) is 4.42 Å². The van der Waals surface area contributed by atoms with Gasteiger partial charge >= 0.3 is 6.01 Å². The van der Waals surface area contributed by atoms with Crippen LogP contribution >= 0.6 is 0 Å². The zero-order valence-electron chi connectivity index (χ0n) is 8.43. The molecule has 6 heteroatoms. The number of aromatic nitrogens is 2. The van der Waals surface area contributed by atoms with E-state index in [1.165, 1.54) is 0 Å². The van der Waals surface area contributed by atoms with Gasteiger partial charge in [-0.2, -0.15) is 0 Å². The van der Waals surface area contributed by atoms with E-state index in [4.69, 9.17) is 14.9 Å². The highest BCUT2D eigenvalue weighted by Gasteiger charge is 2.35. The number of nitrogens with zero attached hydrogens (tertiary/aromatic N) is 3. The number of hydrogen-bond donors (Lipinski definition) is 1. The molecule has 0 aromatic carbocycles. The standard InChI is InChI=1S/C9H14N4O2/c10-3-8-11-12-9(15-8)13-4-6-1-2-7(5-13)14-6/h6-7H,1-5,10H2. The number of anilines is 1. The maximum atomic E-state index is 5.73. The fraction of sp³-hybridized carbons (Fsp3) is 0.778. The summed E-state index contributed by atoms with van der Waals surface area (Å²) in [6.07, 6.45) is 2.94. The molecule has 0 aliphatic carbocycles. The summed E-state index contributed by atoms with van der Waals surface area (Å²) in [6.45, 7) is 2.00. The van der Waals surface area contributed by atoms with Gasteiger partial charge in [0.25, 0.3) is 0 Å². The van der Waals surface area contributed by atoms with E-state index >= 15 is 0 Å². The Kier molecular flexibility index (Phi) is 2.10. The minimum absolute atomic E-state index is 0.296. The van der Waals surface area contributed by atoms with Gasteiger partial charge in [-0.3, -0.25) is 0 Å². The summed E-state index contributed by atoms with van der Waals surface area (Å²) in [5.41, 5.74) is 5.42. The van der Waals surface area contributed by atoms with Crippen molar-refractivity contribution < 1.29 is 9.15 Å². The van der Waals surface area contributed by atoms with Crippen molar-refractivity contribution in [3.8, 4) is 0 Å². The zero-order valence-corrected chi connectivity index (χ0v) is 8.43. The average molecular weight is 210 g/mol. The SMILES string of the molecule is NCc1nnc(N2CC3CCC(C2)O3)o1. The van der Waals surface area contributed by atoms with Gasteiger partial charge in [-0.15, -0.1) is 5.10 Å². The first kappa shape index (κ1) is 9.11. The van der Waals surface area contributed by atoms with Crippen molar-refractivity contribution in [1.29, 1.82) is 0 Å². The maximum Gasteiger partial charge on any atom is 0.318 e. The normalized spacial score (nSPS) is 29.8. The van der Waals surface area contributed by atoms with Crippen LogP contribution in [0.1, 0.15) is 18.7 Å². The lowest BCUT2D eigenvalue weighted by Gasteiger charge is -2.30. The quantitative estimate of drug-likeness (QED) is 0.734. The number of rotatable bonds is 2. The van der Waals surface area contributed by atoms with Crippen LogP contribution in [-0.2, 0) is 11.3 Å². The van der Waals surface area contributed by atoms with Crippen molar-refractivity contribution in [2.24, 2.45) is 5.73 Å². The second-order valence-electron chi connectivity index (χ2n) is 4.04. The Morgan fingerprint density at radius 2 is 2.00 bits per heavy atom. The van der Waals surface area contributed by atoms with Gasteiger partial charge in [0.1, 0.15) is 0 Å². The molecular weight excluding hydrogens is 196 g/mol. The Hall–Kier alpha value is -1.14. The molecule has 82 valence electrons. The zero-order chi connectivity index (χ0) is 10.3. The monoisotopic (exact) mass is 210 g/mol. The molecule has 3 heterocycles. The van der Waals surface area contributed by atoms with Crippen LogP contribution in [0.5, 0.6) is 0 Å². The summed E-state index contributed by atoms with van der Waals surface area (Å²) in [5, 5.41) is 7.84. The van der Waals surface area contributed by atoms with Crippen molar-refractivity contribution in [3.63, 3.8) is 0 Å². The van der Waals surface area contributed by atoms with Gasteiger partial charge in [0.15, 0.2) is 0 Å². The van der Waals surface area contributed by atoms with E-state index in [0.717, 1.165) is 25.9 Å². The van der Waals surface area contributed by atoms with Crippen LogP contribution in [0.3, 0.4) is 0 Å². The highest BCUT2D eigenvalue weighted by molar-refractivity contribution is 5.26. The molecule has 2 aliphatic heterocycles. The second-order valence-corrected chi connectivity index (χ2v) is 4.04. The Balaban J connectivity index is 1.77. The first-order valence-electron chi connectivity index (χ1n) is 5.28. The third kappa shape index (κ3) is 1.59.